The smallest absolute Gasteiger partial charge is 0.0629 e. The van der Waals surface area contributed by atoms with E-state index in [1.807, 2.05) is 48.5 Å². The van der Waals surface area contributed by atoms with Crippen LogP contribution < -0.4 is 9.80 Å². The monoisotopic (exact) mass is 687 g/mol. The van der Waals surface area contributed by atoms with Gasteiger partial charge >= 0.3 is 0 Å². The van der Waals surface area contributed by atoms with Crippen LogP contribution in [0.5, 0.6) is 0 Å². The van der Waals surface area contributed by atoms with Gasteiger partial charge in [0.25, 0.3) is 0 Å². The van der Waals surface area contributed by atoms with Crippen molar-refractivity contribution in [3.63, 3.8) is 0 Å². The number of benzene rings is 7. The minimum absolute atomic E-state index is 0.155. The average molecular weight is 689 g/mol. The summed E-state index contributed by atoms with van der Waals surface area (Å²) in [6.45, 7) is 4.60. The van der Waals surface area contributed by atoms with Gasteiger partial charge in [0, 0.05) is 44.0 Å². The molecule has 0 radical (unpaired) electrons. The SMILES string of the molecule is [2H]c1c([2H])c([2H])c(-c2ccc(N(c3ccccc3)c3cc(Br)cc(N(c4ccccc4)c4ccc5c(c4)C(C)(C)c4ccccc4-5)c3)cc2)c([2H])c1[2H]. The molecule has 0 fully saturated rings. The van der Waals surface area contributed by atoms with E-state index in [4.69, 9.17) is 6.85 Å². The van der Waals surface area contributed by atoms with Crippen LogP contribution in [0.3, 0.4) is 0 Å². The van der Waals surface area contributed by atoms with Crippen LogP contribution in [-0.4, -0.2) is 0 Å². The Morgan fingerprint density at radius 3 is 1.62 bits per heavy atom. The van der Waals surface area contributed by atoms with Gasteiger partial charge in [-0.2, -0.15) is 0 Å². The first-order valence-electron chi connectivity index (χ1n) is 18.5. The van der Waals surface area contributed by atoms with Gasteiger partial charge in [-0.25, -0.2) is 0 Å². The van der Waals surface area contributed by atoms with Crippen molar-refractivity contribution in [3.05, 3.63) is 191 Å². The Labute approximate surface area is 298 Å². The summed E-state index contributed by atoms with van der Waals surface area (Å²) >= 11 is 3.86. The second-order valence-electron chi connectivity index (χ2n) is 12.5. The number of halogens is 1. The number of hydrogen-bond donors (Lipinski definition) is 0. The Morgan fingerprint density at radius 1 is 0.458 bits per heavy atom. The van der Waals surface area contributed by atoms with Gasteiger partial charge in [0.2, 0.25) is 0 Å². The first-order valence-corrected chi connectivity index (χ1v) is 16.8. The topological polar surface area (TPSA) is 6.48 Å². The third-order valence-corrected chi connectivity index (χ3v) is 9.61. The van der Waals surface area contributed by atoms with E-state index in [0.29, 0.717) is 5.56 Å². The van der Waals surface area contributed by atoms with Crippen molar-refractivity contribution >= 4 is 50.1 Å². The minimum atomic E-state index is -0.403. The van der Waals surface area contributed by atoms with Gasteiger partial charge in [-0.3, -0.25) is 0 Å². The molecule has 0 atom stereocenters. The van der Waals surface area contributed by atoms with E-state index >= 15 is 0 Å². The number of para-hydroxylation sites is 2. The summed E-state index contributed by atoms with van der Waals surface area (Å²) < 4.78 is 42.3. The molecule has 7 aromatic rings. The van der Waals surface area contributed by atoms with Crippen LogP contribution in [0.15, 0.2) is 180 Å². The fraction of sp³-hybridized carbons (Fsp3) is 0.0667. The standard InChI is InChI=1S/C45H35BrN2/c1-45(2)43-21-13-12-20-41(43)42-27-26-38(31-44(42)45)48(36-18-10-5-11-19-36)40-29-34(46)28-39(30-40)47(35-16-8-4-9-17-35)37-24-22-33(23-25-37)32-14-6-3-7-15-32/h3-31H,1-2H3/i3D,6D,7D,14D,15D. The Bertz CT molecular complexity index is 2470. The predicted octanol–water partition coefficient (Wildman–Crippen LogP) is 13.4. The molecule has 0 saturated carbocycles. The molecular weight excluding hydrogens is 648 g/mol. The zero-order chi connectivity index (χ0) is 37.0. The highest BCUT2D eigenvalue weighted by atomic mass is 79.9. The second kappa shape index (κ2) is 12.3. The molecule has 0 heterocycles. The summed E-state index contributed by atoms with van der Waals surface area (Å²) in [5.74, 6) is 0. The molecule has 0 bridgehead atoms. The highest BCUT2D eigenvalue weighted by Crippen LogP contribution is 2.51. The Hall–Kier alpha value is -5.38. The maximum absolute atomic E-state index is 8.51. The van der Waals surface area contributed by atoms with E-state index in [1.165, 1.54) is 22.3 Å². The summed E-state index contributed by atoms with van der Waals surface area (Å²) in [6, 6.07) is 48.3. The molecule has 0 spiro atoms. The molecule has 0 aliphatic heterocycles. The average Bonchev–Trinajstić information content (AvgIpc) is 3.40. The van der Waals surface area contributed by atoms with Crippen LogP contribution in [0.25, 0.3) is 22.3 Å². The number of hydrogen-bond acceptors (Lipinski definition) is 2. The van der Waals surface area contributed by atoms with Crippen LogP contribution in [0, 0.1) is 0 Å². The van der Waals surface area contributed by atoms with Gasteiger partial charge < -0.3 is 9.80 Å². The molecule has 0 unspecified atom stereocenters. The molecule has 232 valence electrons. The zero-order valence-corrected chi connectivity index (χ0v) is 28.2. The van der Waals surface area contributed by atoms with Crippen LogP contribution in [-0.2, 0) is 5.41 Å². The number of nitrogens with zero attached hydrogens (tertiary/aromatic N) is 2. The zero-order valence-electron chi connectivity index (χ0n) is 31.6. The first kappa shape index (κ1) is 24.7. The second-order valence-corrected chi connectivity index (χ2v) is 13.4. The van der Waals surface area contributed by atoms with Crippen molar-refractivity contribution in [1.29, 1.82) is 0 Å². The van der Waals surface area contributed by atoms with Crippen molar-refractivity contribution in [2.75, 3.05) is 9.80 Å². The molecular formula is C45H35BrN2. The molecule has 0 N–H and O–H groups in total. The van der Waals surface area contributed by atoms with E-state index in [0.717, 1.165) is 38.6 Å². The van der Waals surface area contributed by atoms with Crippen molar-refractivity contribution in [2.24, 2.45) is 0 Å². The van der Waals surface area contributed by atoms with E-state index in [-0.39, 0.29) is 35.1 Å². The quantitative estimate of drug-likeness (QED) is 0.164. The maximum Gasteiger partial charge on any atom is 0.0629 e. The van der Waals surface area contributed by atoms with Crippen LogP contribution in [0.1, 0.15) is 31.8 Å². The normalized spacial score (nSPS) is 14.1. The predicted molar refractivity (Wildman–Crippen MR) is 207 cm³/mol. The number of anilines is 6. The molecule has 2 nitrogen and oxygen atoms in total. The van der Waals surface area contributed by atoms with E-state index in [1.54, 1.807) is 0 Å². The minimum Gasteiger partial charge on any atom is -0.310 e. The van der Waals surface area contributed by atoms with Crippen molar-refractivity contribution in [3.8, 4) is 22.3 Å². The molecule has 8 rings (SSSR count). The molecule has 7 aromatic carbocycles. The van der Waals surface area contributed by atoms with Gasteiger partial charge in [0.05, 0.1) is 6.85 Å². The molecule has 3 heteroatoms. The highest BCUT2D eigenvalue weighted by Gasteiger charge is 2.35. The summed E-state index contributed by atoms with van der Waals surface area (Å²) in [5, 5.41) is 0. The van der Waals surface area contributed by atoms with Crippen molar-refractivity contribution < 1.29 is 6.85 Å². The van der Waals surface area contributed by atoms with Gasteiger partial charge in [-0.1, -0.05) is 139 Å². The third-order valence-electron chi connectivity index (χ3n) is 9.15. The van der Waals surface area contributed by atoms with E-state index in [9.17, 15) is 0 Å². The Balaban J connectivity index is 1.26. The van der Waals surface area contributed by atoms with E-state index < -0.39 is 6.04 Å². The summed E-state index contributed by atoms with van der Waals surface area (Å²) in [5.41, 5.74) is 11.5. The van der Waals surface area contributed by atoms with Gasteiger partial charge in [0.1, 0.15) is 0 Å². The lowest BCUT2D eigenvalue weighted by Crippen LogP contribution is -2.17. The Kier molecular flexibility index (Phi) is 6.36. The molecule has 0 amide bonds. The molecule has 48 heavy (non-hydrogen) atoms. The number of rotatable bonds is 7. The highest BCUT2D eigenvalue weighted by molar-refractivity contribution is 9.10. The number of fused-ring (bicyclic) bond motifs is 3. The van der Waals surface area contributed by atoms with Gasteiger partial charge in [0.15, 0.2) is 0 Å². The summed E-state index contributed by atoms with van der Waals surface area (Å²) in [7, 11) is 0. The summed E-state index contributed by atoms with van der Waals surface area (Å²) in [4.78, 5) is 4.45. The first-order chi connectivity index (χ1) is 25.5. The van der Waals surface area contributed by atoms with Crippen molar-refractivity contribution in [1.82, 2.24) is 0 Å². The van der Waals surface area contributed by atoms with E-state index in [2.05, 4.69) is 137 Å². The lowest BCUT2D eigenvalue weighted by atomic mass is 9.82. The third kappa shape index (κ3) is 5.40. The van der Waals surface area contributed by atoms with Crippen molar-refractivity contribution in [2.45, 2.75) is 19.3 Å². The lowest BCUT2D eigenvalue weighted by molar-refractivity contribution is 0.660. The largest absolute Gasteiger partial charge is 0.310 e. The fourth-order valence-corrected chi connectivity index (χ4v) is 7.34. The van der Waals surface area contributed by atoms with Gasteiger partial charge in [-0.15, -0.1) is 0 Å². The Morgan fingerprint density at radius 2 is 0.979 bits per heavy atom. The van der Waals surface area contributed by atoms with Gasteiger partial charge in [-0.05, 0) is 100 Å². The molecule has 0 aromatic heterocycles. The molecule has 1 aliphatic rings. The van der Waals surface area contributed by atoms with Crippen LogP contribution in [0.2, 0.25) is 0 Å². The molecule has 0 saturated heterocycles. The summed E-state index contributed by atoms with van der Waals surface area (Å²) in [6.07, 6.45) is 0. The maximum atomic E-state index is 8.51. The fourth-order valence-electron chi connectivity index (χ4n) is 6.87. The molecule has 1 aliphatic carbocycles. The van der Waals surface area contributed by atoms with Crippen LogP contribution in [0.4, 0.5) is 34.1 Å². The van der Waals surface area contributed by atoms with Crippen LogP contribution >= 0.6 is 15.9 Å². The lowest BCUT2D eigenvalue weighted by Gasteiger charge is -2.31.